The van der Waals surface area contributed by atoms with Crippen molar-refractivity contribution >= 4 is 23.6 Å². The van der Waals surface area contributed by atoms with E-state index in [9.17, 15) is 19.2 Å². The molecule has 4 amide bonds. The quantitative estimate of drug-likeness (QED) is 0.197. The van der Waals surface area contributed by atoms with Gasteiger partial charge in [-0.1, -0.05) is 77.5 Å². The fraction of sp³-hybridized carbons (Fsp3) is 0.744. The molecule has 0 aromatic rings. The van der Waals surface area contributed by atoms with Gasteiger partial charge in [-0.3, -0.25) is 19.2 Å². The number of carbonyl (C=O) groups excluding carboxylic acids is 4. The number of ether oxygens (including phenoxy) is 2. The van der Waals surface area contributed by atoms with Gasteiger partial charge in [0, 0.05) is 34.4 Å². The Morgan fingerprint density at radius 3 is 2.26 bits per heavy atom. The topological polar surface area (TPSA) is 129 Å². The number of likely N-dealkylation sites (tertiary alicyclic amines) is 1. The van der Waals surface area contributed by atoms with Crippen molar-refractivity contribution < 1.29 is 28.7 Å². The van der Waals surface area contributed by atoms with Crippen LogP contribution in [0.3, 0.4) is 0 Å². The minimum absolute atomic E-state index is 0.0179. The van der Waals surface area contributed by atoms with Crippen molar-refractivity contribution in [2.75, 3.05) is 40.9 Å². The Kier molecular flexibility index (Phi) is 16.2. The molecule has 11 heteroatoms. The van der Waals surface area contributed by atoms with Crippen molar-refractivity contribution in [2.24, 2.45) is 23.7 Å². The lowest BCUT2D eigenvalue weighted by atomic mass is 9.89. The van der Waals surface area contributed by atoms with Crippen molar-refractivity contribution in [3.63, 3.8) is 0 Å². The molecule has 3 rings (SSSR count). The zero-order chi connectivity index (χ0) is 37.0. The lowest BCUT2D eigenvalue weighted by molar-refractivity contribution is -0.148. The van der Waals surface area contributed by atoms with Crippen molar-refractivity contribution in [3.8, 4) is 0 Å². The third kappa shape index (κ3) is 10.5. The van der Waals surface area contributed by atoms with E-state index in [1.165, 1.54) is 0 Å². The summed E-state index contributed by atoms with van der Waals surface area (Å²) >= 11 is 0. The van der Waals surface area contributed by atoms with Crippen LogP contribution in [0.2, 0.25) is 0 Å². The molecule has 0 saturated carbocycles. The second-order valence-electron chi connectivity index (χ2n) is 15.0. The summed E-state index contributed by atoms with van der Waals surface area (Å²) in [7, 11) is 4.95. The van der Waals surface area contributed by atoms with Gasteiger partial charge in [0.2, 0.25) is 23.6 Å². The maximum Gasteiger partial charge on any atom is 0.245 e. The van der Waals surface area contributed by atoms with E-state index >= 15 is 0 Å². The largest absolute Gasteiger partial charge is 0.379 e. The monoisotopic (exact) mass is 699 g/mol. The van der Waals surface area contributed by atoms with Crippen LogP contribution < -0.4 is 16.0 Å². The average Bonchev–Trinajstić information content (AvgIpc) is 3.69. The third-order valence-corrected chi connectivity index (χ3v) is 11.2. The van der Waals surface area contributed by atoms with Gasteiger partial charge in [0.1, 0.15) is 6.04 Å². The van der Waals surface area contributed by atoms with Crippen LogP contribution in [-0.4, -0.2) is 110 Å². The summed E-state index contributed by atoms with van der Waals surface area (Å²) in [4.78, 5) is 58.4. The van der Waals surface area contributed by atoms with Gasteiger partial charge in [0.15, 0.2) is 0 Å². The number of amides is 4. The van der Waals surface area contributed by atoms with Gasteiger partial charge in [0.05, 0.1) is 42.2 Å². The van der Waals surface area contributed by atoms with Gasteiger partial charge in [-0.05, 0) is 63.3 Å². The van der Waals surface area contributed by atoms with Crippen LogP contribution in [0.15, 0.2) is 36.5 Å². The highest BCUT2D eigenvalue weighted by Crippen LogP contribution is 2.30. The molecule has 0 spiro atoms. The molecule has 11 nitrogen and oxygen atoms in total. The van der Waals surface area contributed by atoms with Crippen LogP contribution in [0.1, 0.15) is 86.5 Å². The first-order valence-corrected chi connectivity index (χ1v) is 18.8. The van der Waals surface area contributed by atoms with Crippen LogP contribution in [0.4, 0.5) is 0 Å². The van der Waals surface area contributed by atoms with E-state index in [0.717, 1.165) is 45.1 Å². The second kappa shape index (κ2) is 19.6. The zero-order valence-electron chi connectivity index (χ0n) is 32.1. The molecule has 0 bridgehead atoms. The third-order valence-electron chi connectivity index (χ3n) is 11.2. The Hall–Kier alpha value is -3.02. The van der Waals surface area contributed by atoms with Crippen molar-refractivity contribution in [2.45, 2.75) is 122 Å². The summed E-state index contributed by atoms with van der Waals surface area (Å²) < 4.78 is 11.9. The predicted molar refractivity (Wildman–Crippen MR) is 197 cm³/mol. The minimum atomic E-state index is -0.721. The molecule has 2 heterocycles. The van der Waals surface area contributed by atoms with Crippen molar-refractivity contribution in [1.82, 2.24) is 25.8 Å². The molecule has 0 radical (unpaired) electrons. The first-order valence-electron chi connectivity index (χ1n) is 18.8. The lowest BCUT2D eigenvalue weighted by Crippen LogP contribution is -2.61. The first kappa shape index (κ1) is 41.4. The highest BCUT2D eigenvalue weighted by Gasteiger charge is 2.44. The molecule has 2 fully saturated rings. The van der Waals surface area contributed by atoms with Crippen LogP contribution in [0.25, 0.3) is 0 Å². The van der Waals surface area contributed by atoms with Gasteiger partial charge >= 0.3 is 0 Å². The summed E-state index contributed by atoms with van der Waals surface area (Å²) in [5, 5.41) is 9.41. The molecule has 2 saturated heterocycles. The highest BCUT2D eigenvalue weighted by atomic mass is 16.5. The number of nitrogens with one attached hydrogen (secondary N) is 3. The molecule has 3 N–H and O–H groups in total. The van der Waals surface area contributed by atoms with Crippen LogP contribution in [0, 0.1) is 23.7 Å². The van der Waals surface area contributed by atoms with Crippen LogP contribution in [0.5, 0.6) is 0 Å². The molecule has 0 aromatic carbocycles. The van der Waals surface area contributed by atoms with Gasteiger partial charge in [-0.2, -0.15) is 0 Å². The maximum atomic E-state index is 14.1. The summed E-state index contributed by atoms with van der Waals surface area (Å²) in [6.45, 7) is 13.6. The molecule has 0 unspecified atom stereocenters. The van der Waals surface area contributed by atoms with Crippen molar-refractivity contribution in [1.29, 1.82) is 0 Å². The number of rotatable bonds is 18. The highest BCUT2D eigenvalue weighted by molar-refractivity contribution is 5.92. The molecular formula is C39H65N5O6. The number of nitrogens with zero attached hydrogens (tertiary/aromatic N) is 2. The molecule has 3 aliphatic rings. The normalized spacial score (nSPS) is 24.4. The standard InChI is InChI=1S/C39H65N5O6/c1-10-27(4)34(43(7)37(47)33(26(2)3)42-38(48)39(6)21-16-22-41-39)31(49-8)25-32(45)44-24-15-19-30(44)35(50-9)28(5)36(46)40-23-20-29-17-13-11-12-14-18-29/h11-14,17-18,26-31,33-35,41H,10,15-16,19-25H2,1-9H3,(H,40,46)(H,42,48)/t27-,28+,30-,31+,33-,34-,35+,39+/m0/s1. The predicted octanol–water partition coefficient (Wildman–Crippen LogP) is 3.99. The summed E-state index contributed by atoms with van der Waals surface area (Å²) in [6.07, 6.45) is 16.1. The van der Waals surface area contributed by atoms with Crippen LogP contribution in [-0.2, 0) is 28.7 Å². The Bertz CT molecular complexity index is 1210. The molecule has 50 heavy (non-hydrogen) atoms. The average molecular weight is 700 g/mol. The number of carbonyl (C=O) groups is 4. The maximum absolute atomic E-state index is 14.1. The van der Waals surface area contributed by atoms with Gasteiger partial charge < -0.3 is 35.2 Å². The number of hydrogen-bond donors (Lipinski definition) is 3. The SMILES string of the molecule is CC[C@H](C)[C@@H]([C@@H](CC(=O)N1CCC[C@H]1[C@H](OC)[C@@H](C)C(=O)NCCC1C=CC=CC=C1)OC)N(C)C(=O)[C@@H](NC(=O)[C@@]1(C)CCCN1)C(C)C. The van der Waals surface area contributed by atoms with Gasteiger partial charge in [-0.15, -0.1) is 0 Å². The van der Waals surface area contributed by atoms with Crippen LogP contribution >= 0.6 is 0 Å². The summed E-state index contributed by atoms with van der Waals surface area (Å²) in [6, 6.07) is -1.38. The molecular weight excluding hydrogens is 634 g/mol. The van der Waals surface area contributed by atoms with E-state index in [0.29, 0.717) is 13.1 Å². The number of likely N-dealkylation sites (N-methyl/N-ethyl adjacent to an activating group) is 1. The molecule has 8 atom stereocenters. The van der Waals surface area contributed by atoms with E-state index in [1.54, 1.807) is 26.2 Å². The van der Waals surface area contributed by atoms with E-state index in [1.807, 2.05) is 56.9 Å². The van der Waals surface area contributed by atoms with E-state index in [-0.39, 0.29) is 53.8 Å². The number of hydrogen-bond acceptors (Lipinski definition) is 7. The van der Waals surface area contributed by atoms with E-state index < -0.39 is 35.7 Å². The first-order chi connectivity index (χ1) is 23.8. The minimum Gasteiger partial charge on any atom is -0.379 e. The molecule has 2 aliphatic heterocycles. The summed E-state index contributed by atoms with van der Waals surface area (Å²) in [5.41, 5.74) is -0.699. The lowest BCUT2D eigenvalue weighted by Gasteiger charge is -2.41. The Morgan fingerprint density at radius 1 is 1.02 bits per heavy atom. The number of methoxy groups -OCH3 is 2. The fourth-order valence-corrected chi connectivity index (χ4v) is 7.75. The Balaban J connectivity index is 1.70. The smallest absolute Gasteiger partial charge is 0.245 e. The van der Waals surface area contributed by atoms with E-state index in [4.69, 9.17) is 9.47 Å². The molecule has 282 valence electrons. The molecule has 0 aromatic heterocycles. The Labute approximate surface area is 301 Å². The second-order valence-corrected chi connectivity index (χ2v) is 15.0. The fourth-order valence-electron chi connectivity index (χ4n) is 7.75. The van der Waals surface area contributed by atoms with Gasteiger partial charge in [-0.25, -0.2) is 0 Å². The van der Waals surface area contributed by atoms with Crippen molar-refractivity contribution in [3.05, 3.63) is 36.5 Å². The Morgan fingerprint density at radius 2 is 1.70 bits per heavy atom. The van der Waals surface area contributed by atoms with E-state index in [2.05, 4.69) is 41.9 Å². The zero-order valence-corrected chi connectivity index (χ0v) is 32.1. The summed E-state index contributed by atoms with van der Waals surface area (Å²) in [5.74, 6) is -0.866. The van der Waals surface area contributed by atoms with Gasteiger partial charge in [0.25, 0.3) is 0 Å². The number of allylic oxidation sites excluding steroid dienone is 6. The molecule has 1 aliphatic carbocycles.